The van der Waals surface area contributed by atoms with E-state index in [9.17, 15) is 4.79 Å². The molecule has 0 spiro atoms. The predicted molar refractivity (Wildman–Crippen MR) is 113 cm³/mol. The molecule has 150 valence electrons. The number of benzene rings is 2. The van der Waals surface area contributed by atoms with Crippen LogP contribution in [0.3, 0.4) is 0 Å². The molecule has 0 amide bonds. The number of methoxy groups -OCH3 is 2. The lowest BCUT2D eigenvalue weighted by Gasteiger charge is -2.24. The van der Waals surface area contributed by atoms with Crippen molar-refractivity contribution in [2.45, 2.75) is 26.8 Å². The van der Waals surface area contributed by atoms with Gasteiger partial charge in [-0.15, -0.1) is 0 Å². The van der Waals surface area contributed by atoms with Crippen LogP contribution in [0.2, 0.25) is 0 Å². The van der Waals surface area contributed by atoms with Crippen LogP contribution in [0, 0.1) is 13.8 Å². The third-order valence-corrected chi connectivity index (χ3v) is 5.50. The zero-order valence-electron chi connectivity index (χ0n) is 17.4. The number of aromatic nitrogens is 2. The Labute approximate surface area is 169 Å². The first-order chi connectivity index (χ1) is 13.9. The summed E-state index contributed by atoms with van der Waals surface area (Å²) in [4.78, 5) is 17.9. The van der Waals surface area contributed by atoms with Crippen LogP contribution < -0.4 is 20.7 Å². The quantitative estimate of drug-likeness (QED) is 0.689. The van der Waals surface area contributed by atoms with Crippen molar-refractivity contribution >= 4 is 5.69 Å². The van der Waals surface area contributed by atoms with Crippen LogP contribution in [-0.4, -0.2) is 23.4 Å². The minimum absolute atomic E-state index is 0.0774. The van der Waals surface area contributed by atoms with Crippen molar-refractivity contribution in [3.63, 3.8) is 0 Å². The van der Waals surface area contributed by atoms with Gasteiger partial charge in [0.15, 0.2) is 11.5 Å². The lowest BCUT2D eigenvalue weighted by atomic mass is 9.97. The summed E-state index contributed by atoms with van der Waals surface area (Å²) in [5.74, 6) is 1.34. The lowest BCUT2D eigenvalue weighted by molar-refractivity contribution is 0.354. The Hall–Kier alpha value is -3.28. The smallest absolute Gasteiger partial charge is 0.329 e. The Balaban J connectivity index is 1.97. The molecule has 0 fully saturated rings. The van der Waals surface area contributed by atoms with Gasteiger partial charge in [-0.3, -0.25) is 9.13 Å². The monoisotopic (exact) mass is 391 g/mol. The van der Waals surface area contributed by atoms with E-state index < -0.39 is 0 Å². The molecule has 1 aliphatic rings. The van der Waals surface area contributed by atoms with E-state index >= 15 is 0 Å². The molecular formula is C23H25N3O3. The molecular weight excluding hydrogens is 366 g/mol. The first-order valence-electron chi connectivity index (χ1n) is 9.61. The minimum atomic E-state index is -0.0774. The number of hydrogen-bond acceptors (Lipinski definition) is 4. The van der Waals surface area contributed by atoms with E-state index in [1.165, 1.54) is 5.56 Å². The maximum absolute atomic E-state index is 13.1. The van der Waals surface area contributed by atoms with Gasteiger partial charge in [0.2, 0.25) is 0 Å². The van der Waals surface area contributed by atoms with Gasteiger partial charge in [-0.1, -0.05) is 17.7 Å². The van der Waals surface area contributed by atoms with Gasteiger partial charge in [-0.25, -0.2) is 9.79 Å². The summed E-state index contributed by atoms with van der Waals surface area (Å²) in [7, 11) is 5.01. The molecule has 0 saturated heterocycles. The molecule has 0 bridgehead atoms. The molecule has 0 unspecified atom stereocenters. The van der Waals surface area contributed by atoms with E-state index in [1.54, 1.807) is 30.4 Å². The Bertz CT molecular complexity index is 1240. The van der Waals surface area contributed by atoms with Crippen LogP contribution in [0.4, 0.5) is 5.69 Å². The maximum atomic E-state index is 13.1. The van der Waals surface area contributed by atoms with Crippen molar-refractivity contribution in [2.75, 3.05) is 14.2 Å². The number of fused-ring (bicyclic) bond motifs is 3. The normalized spacial score (nSPS) is 13.1. The topological polar surface area (TPSA) is 57.8 Å². The van der Waals surface area contributed by atoms with Gasteiger partial charge >= 0.3 is 5.69 Å². The molecule has 2 aromatic carbocycles. The van der Waals surface area contributed by atoms with Crippen LogP contribution in [0.1, 0.15) is 16.7 Å². The van der Waals surface area contributed by atoms with Gasteiger partial charge in [0, 0.05) is 25.2 Å². The fourth-order valence-electron chi connectivity index (χ4n) is 3.88. The molecule has 2 heterocycles. The minimum Gasteiger partial charge on any atom is -0.493 e. The van der Waals surface area contributed by atoms with E-state index in [0.29, 0.717) is 23.5 Å². The summed E-state index contributed by atoms with van der Waals surface area (Å²) >= 11 is 0. The van der Waals surface area contributed by atoms with Crippen LogP contribution in [0.15, 0.2) is 46.2 Å². The Morgan fingerprint density at radius 1 is 1.00 bits per heavy atom. The standard InChI is InChI=1S/C23H25N3O3/c1-14-6-7-18(15(2)10-14)24-22-13-19-17-12-21(29-5)20(28-4)11-16(17)8-9-26(19)23(27)25(22)3/h6-7,10-13H,8-9H2,1-5H3. The molecule has 0 radical (unpaired) electrons. The van der Waals surface area contributed by atoms with E-state index in [4.69, 9.17) is 14.5 Å². The molecule has 6 heteroatoms. The zero-order valence-corrected chi connectivity index (χ0v) is 17.4. The van der Waals surface area contributed by atoms with Crippen molar-refractivity contribution in [3.05, 3.63) is 69.1 Å². The van der Waals surface area contributed by atoms with Crippen LogP contribution >= 0.6 is 0 Å². The molecule has 0 N–H and O–H groups in total. The fraction of sp³-hybridized carbons (Fsp3) is 0.304. The van der Waals surface area contributed by atoms with E-state index in [2.05, 4.69) is 13.0 Å². The van der Waals surface area contributed by atoms with Gasteiger partial charge in [0.25, 0.3) is 0 Å². The summed E-state index contributed by atoms with van der Waals surface area (Å²) in [6, 6.07) is 12.0. The molecule has 0 aliphatic carbocycles. The highest BCUT2D eigenvalue weighted by atomic mass is 16.5. The molecule has 3 aromatic rings. The summed E-state index contributed by atoms with van der Waals surface area (Å²) in [6.07, 6.45) is 0.760. The summed E-state index contributed by atoms with van der Waals surface area (Å²) in [5.41, 5.74) is 6.62. The maximum Gasteiger partial charge on any atom is 0.329 e. The van der Waals surface area contributed by atoms with Gasteiger partial charge in [0.05, 0.1) is 25.6 Å². The molecule has 1 aromatic heterocycles. The molecule has 4 rings (SSSR count). The van der Waals surface area contributed by atoms with E-state index in [1.807, 2.05) is 37.3 Å². The van der Waals surface area contributed by atoms with Crippen molar-refractivity contribution < 1.29 is 9.47 Å². The van der Waals surface area contributed by atoms with Crippen LogP contribution in [0.25, 0.3) is 11.3 Å². The van der Waals surface area contributed by atoms with Gasteiger partial charge < -0.3 is 9.47 Å². The number of hydrogen-bond donors (Lipinski definition) is 0. The molecule has 0 atom stereocenters. The Morgan fingerprint density at radius 3 is 2.41 bits per heavy atom. The fourth-order valence-corrected chi connectivity index (χ4v) is 3.88. The lowest BCUT2D eigenvalue weighted by Crippen LogP contribution is -2.40. The van der Waals surface area contributed by atoms with Crippen LogP contribution in [0.5, 0.6) is 11.5 Å². The average molecular weight is 391 g/mol. The number of nitrogens with zero attached hydrogens (tertiary/aromatic N) is 3. The Kier molecular flexibility index (Phi) is 4.78. The summed E-state index contributed by atoms with van der Waals surface area (Å²) < 4.78 is 14.3. The van der Waals surface area contributed by atoms with Crippen molar-refractivity contribution in [1.29, 1.82) is 0 Å². The second kappa shape index (κ2) is 7.28. The third kappa shape index (κ3) is 3.24. The first kappa shape index (κ1) is 19.1. The van der Waals surface area contributed by atoms with Crippen molar-refractivity contribution in [1.82, 2.24) is 9.13 Å². The van der Waals surface area contributed by atoms with Crippen LogP contribution in [-0.2, 0) is 20.0 Å². The SMILES string of the molecule is COc1cc2c(cc1OC)-c1cc(=Nc3ccc(C)cc3C)n(C)c(=O)n1CC2. The predicted octanol–water partition coefficient (Wildman–Crippen LogP) is 3.28. The second-order valence-electron chi connectivity index (χ2n) is 7.40. The van der Waals surface area contributed by atoms with Crippen molar-refractivity contribution in [2.24, 2.45) is 12.0 Å². The summed E-state index contributed by atoms with van der Waals surface area (Å²) in [5, 5.41) is 0. The van der Waals surface area contributed by atoms with Gasteiger partial charge in [0.1, 0.15) is 5.49 Å². The number of ether oxygens (including phenoxy) is 2. The molecule has 0 saturated carbocycles. The first-order valence-corrected chi connectivity index (χ1v) is 9.61. The molecule has 1 aliphatic heterocycles. The highest BCUT2D eigenvalue weighted by Crippen LogP contribution is 2.37. The molecule has 29 heavy (non-hydrogen) atoms. The van der Waals surface area contributed by atoms with E-state index in [0.717, 1.165) is 34.5 Å². The van der Waals surface area contributed by atoms with Gasteiger partial charge in [-0.2, -0.15) is 0 Å². The number of rotatable bonds is 3. The zero-order chi connectivity index (χ0) is 20.7. The van der Waals surface area contributed by atoms with E-state index in [-0.39, 0.29) is 5.69 Å². The second-order valence-corrected chi connectivity index (χ2v) is 7.40. The highest BCUT2D eigenvalue weighted by Gasteiger charge is 2.21. The number of aryl methyl sites for hydroxylation is 3. The average Bonchev–Trinajstić information content (AvgIpc) is 2.72. The molecule has 6 nitrogen and oxygen atoms in total. The highest BCUT2D eigenvalue weighted by molar-refractivity contribution is 5.70. The van der Waals surface area contributed by atoms with Gasteiger partial charge in [-0.05, 0) is 49.6 Å². The van der Waals surface area contributed by atoms with Crippen molar-refractivity contribution in [3.8, 4) is 22.8 Å². The largest absolute Gasteiger partial charge is 0.493 e. The summed E-state index contributed by atoms with van der Waals surface area (Å²) in [6.45, 7) is 4.71. The Morgan fingerprint density at radius 2 is 1.72 bits per heavy atom. The third-order valence-electron chi connectivity index (χ3n) is 5.50.